The van der Waals surface area contributed by atoms with Gasteiger partial charge in [-0.1, -0.05) is 393 Å². The molecule has 0 aliphatic carbocycles. The maximum absolute atomic E-state index is 6.96. The van der Waals surface area contributed by atoms with Crippen molar-refractivity contribution < 1.29 is 9.60 Å². The Morgan fingerprint density at radius 1 is 0.357 bits per heavy atom. The first-order valence-corrected chi connectivity index (χ1v) is 33.8. The first-order valence-electron chi connectivity index (χ1n) is 37.3. The molecule has 3 aromatic rings. The minimum absolute atomic E-state index is 0.250. The molecule has 0 fully saturated rings. The third kappa shape index (κ3) is 90.8. The monoisotopic (exact) mass is 1180 g/mol. The number of benzene rings is 3. The zero-order valence-corrected chi connectivity index (χ0v) is 65.0. The summed E-state index contributed by atoms with van der Waals surface area (Å²) in [5, 5.41) is 0. The average molecular weight is 1180 g/mol. The highest BCUT2D eigenvalue weighted by Crippen LogP contribution is 2.33. The molecule has 3 rings (SSSR count). The molecule has 0 unspecified atom stereocenters. The predicted octanol–water partition coefficient (Wildman–Crippen LogP) is 30.0. The number of hydrogen-bond donors (Lipinski definition) is 0. The first kappa shape index (κ1) is 79.7. The highest BCUT2D eigenvalue weighted by molar-refractivity contribution is 5.22. The summed E-state index contributed by atoms with van der Waals surface area (Å²) < 4.78 is 48.7. The maximum Gasteiger partial charge on any atom is 0.0294 e. The summed E-state index contributed by atoms with van der Waals surface area (Å²) in [4.78, 5) is 0. The van der Waals surface area contributed by atoms with Crippen LogP contribution in [0, 0.1) is 72.9 Å². The minimum Gasteiger partial charge on any atom is -0.0654 e. The molecule has 3 aromatic carbocycles. The number of hydrogen-bond acceptors (Lipinski definition) is 0. The molecule has 0 amide bonds. The van der Waals surface area contributed by atoms with Crippen molar-refractivity contribution in [2.75, 3.05) is 0 Å². The molecule has 0 radical (unpaired) electrons. The van der Waals surface area contributed by atoms with Crippen LogP contribution in [0.2, 0.25) is 0 Å². The van der Waals surface area contributed by atoms with Gasteiger partial charge in [-0.25, -0.2) is 0 Å². The molecule has 0 aromatic heterocycles. The second-order valence-electron chi connectivity index (χ2n) is 35.2. The lowest BCUT2D eigenvalue weighted by molar-refractivity contribution is 0.233. The van der Waals surface area contributed by atoms with Gasteiger partial charge in [0, 0.05) is 9.60 Å². The van der Waals surface area contributed by atoms with Gasteiger partial charge in [-0.15, -0.1) is 0 Å². The Balaban J connectivity index is -0.000000176. The molecule has 0 spiro atoms. The minimum atomic E-state index is -2.43. The average Bonchev–Trinajstić information content (AvgIpc) is 0.849. The van der Waals surface area contributed by atoms with Gasteiger partial charge in [0.1, 0.15) is 0 Å². The van der Waals surface area contributed by atoms with Gasteiger partial charge in [0.05, 0.1) is 0 Å². The predicted molar refractivity (Wildman–Crippen MR) is 398 cm³/mol. The first-order chi connectivity index (χ1) is 40.2. The van der Waals surface area contributed by atoms with Crippen LogP contribution in [0.3, 0.4) is 0 Å². The van der Waals surface area contributed by atoms with Crippen molar-refractivity contribution in [1.29, 1.82) is 0 Å². The third-order valence-corrected chi connectivity index (χ3v) is 13.3. The molecule has 0 bridgehead atoms. The Morgan fingerprint density at radius 2 is 0.631 bits per heavy atom. The van der Waals surface area contributed by atoms with Gasteiger partial charge in [0.15, 0.2) is 0 Å². The fourth-order valence-corrected chi connectivity index (χ4v) is 9.04. The second kappa shape index (κ2) is 48.6. The van der Waals surface area contributed by atoms with Crippen LogP contribution >= 0.6 is 0 Å². The van der Waals surface area contributed by atoms with E-state index in [1.54, 1.807) is 0 Å². The topological polar surface area (TPSA) is 0 Å². The molecule has 0 saturated carbocycles. The van der Waals surface area contributed by atoms with E-state index >= 15 is 0 Å². The zero-order valence-electron chi connectivity index (χ0n) is 72.0. The molecule has 0 atom stereocenters. The molecule has 500 valence electrons. The van der Waals surface area contributed by atoms with E-state index in [4.69, 9.17) is 9.60 Å². The summed E-state index contributed by atoms with van der Waals surface area (Å²) >= 11 is 0. The van der Waals surface area contributed by atoms with Gasteiger partial charge in [0.25, 0.3) is 0 Å². The van der Waals surface area contributed by atoms with E-state index in [2.05, 4.69) is 319 Å². The van der Waals surface area contributed by atoms with E-state index < -0.39 is 19.1 Å². The molecule has 0 aliphatic heterocycles. The molecule has 0 heterocycles. The van der Waals surface area contributed by atoms with Crippen molar-refractivity contribution in [2.24, 2.45) is 72.9 Å². The molecule has 0 saturated heterocycles. The van der Waals surface area contributed by atoms with Gasteiger partial charge in [-0.3, -0.25) is 0 Å². The van der Waals surface area contributed by atoms with Crippen LogP contribution in [0.4, 0.5) is 0 Å². The van der Waals surface area contributed by atoms with Crippen LogP contribution in [-0.2, 0) is 18.3 Å². The summed E-state index contributed by atoms with van der Waals surface area (Å²) in [5.41, 5.74) is 6.48. The van der Waals surface area contributed by atoms with Crippen molar-refractivity contribution in [3.63, 3.8) is 0 Å². The lowest BCUT2D eigenvalue weighted by atomic mass is 9.78. The van der Waals surface area contributed by atoms with Crippen LogP contribution in [0.15, 0.2) is 91.0 Å². The Morgan fingerprint density at radius 3 is 0.774 bits per heavy atom. The molecule has 0 N–H and O–H groups in total. The maximum atomic E-state index is 6.96. The molecule has 0 aliphatic rings. The second-order valence-corrected chi connectivity index (χ2v) is 35.2. The summed E-state index contributed by atoms with van der Waals surface area (Å²) in [6.45, 7) is 78.4. The molecule has 0 heteroatoms. The number of rotatable bonds is 14. The van der Waals surface area contributed by atoms with E-state index in [1.165, 1.54) is 94.7 Å². The quantitative estimate of drug-likeness (QED) is 0.151. The smallest absolute Gasteiger partial charge is 0.0294 e. The summed E-state index contributed by atoms with van der Waals surface area (Å²) in [6, 6.07) is 32.0. The lowest BCUT2D eigenvalue weighted by Crippen LogP contribution is -2.18. The molecular formula is C84H164. The van der Waals surface area contributed by atoms with Crippen molar-refractivity contribution in [3.8, 4) is 0 Å². The largest absolute Gasteiger partial charge is 0.0654 e. The van der Waals surface area contributed by atoms with Gasteiger partial charge in [-0.05, 0) is 146 Å². The van der Waals surface area contributed by atoms with Crippen molar-refractivity contribution in [2.45, 2.75) is 359 Å². The van der Waals surface area contributed by atoms with Crippen LogP contribution in [0.5, 0.6) is 0 Å². The Kier molecular flexibility index (Phi) is 46.1. The summed E-state index contributed by atoms with van der Waals surface area (Å²) in [7, 11) is 0. The van der Waals surface area contributed by atoms with Crippen LogP contribution in [0.25, 0.3) is 0 Å². The van der Waals surface area contributed by atoms with Crippen molar-refractivity contribution >= 4 is 0 Å². The SMILES string of the molecule is CC(C)(C)c1ccccc1.CC(C)(Cc1ccccc1)Cc1ccccc1.CC(C)C(C)(C)C.CC(C)CC(C)(C)C.CC(C)CC(C)(C)CC(C)C.CCC(C)(C)C.CCCC(C)(C)C.CCCC(C)(C)CCC.[2H]C(C)(C)C.[2H]C([2H])([2H])C(C)(C)C([2H])([2H])[2H]. The Labute approximate surface area is 547 Å². The van der Waals surface area contributed by atoms with Crippen LogP contribution in [0.1, 0.15) is 367 Å². The van der Waals surface area contributed by atoms with E-state index in [0.717, 1.165) is 36.5 Å². The zero-order chi connectivity index (χ0) is 74.1. The van der Waals surface area contributed by atoms with E-state index in [9.17, 15) is 0 Å². The van der Waals surface area contributed by atoms with E-state index in [1.807, 2.05) is 20.8 Å². The van der Waals surface area contributed by atoms with Crippen molar-refractivity contribution in [3.05, 3.63) is 108 Å². The molecular weight excluding hydrogens is 1010 g/mol. The van der Waals surface area contributed by atoms with Crippen LogP contribution < -0.4 is 0 Å². The lowest BCUT2D eigenvalue weighted by Gasteiger charge is -2.28. The van der Waals surface area contributed by atoms with Gasteiger partial charge >= 0.3 is 0 Å². The fraction of sp³-hybridized carbons (Fsp3) is 0.786. The summed E-state index contributed by atoms with van der Waals surface area (Å²) in [5.74, 6) is 3.06. The fourth-order valence-electron chi connectivity index (χ4n) is 9.04. The van der Waals surface area contributed by atoms with Gasteiger partial charge in [-0.2, -0.15) is 0 Å². The van der Waals surface area contributed by atoms with Gasteiger partial charge in [0.2, 0.25) is 0 Å². The van der Waals surface area contributed by atoms with Crippen molar-refractivity contribution in [1.82, 2.24) is 0 Å². The van der Waals surface area contributed by atoms with Gasteiger partial charge < -0.3 is 0 Å². The normalized spacial score (nSPS) is 13.6. The Hall–Kier alpha value is -2.34. The van der Waals surface area contributed by atoms with Crippen LogP contribution in [-0.4, -0.2) is 0 Å². The standard InChI is InChI=1S/C17H20.C11H24.C10H14.C9H20.C8H18.2C7H16.C6H14.C5H12.C4H10/c1-17(2,13-15-9-5-3-6-10-15)14-16-11-7-4-8-12-16;1-9(2)7-11(5,6)8-10(3)4;1-10(2,3)9-7-5-4-6-8-9;1-5-7-9(3,4)8-6-2;1-7(2)6-8(3,4)5;1-6(2)7(3,4)5;1-5-6-7(2,3)4;1-5-6(2,3)4;1-5(2,3)4;1-4(2)3/h3-12H,13-14H2,1-2H3;9-10H,7-8H2,1-6H3;4-8H,1-3H3;5-8H2,1-4H3;7H,6H2,1-5H3;6H,1-5H3;5-6H2,1-4H3;5H2,1-4H3;1-4H3;4H,1-3H3/i;;;;;;;;1D3,2D3;4D. The summed E-state index contributed by atoms with van der Waals surface area (Å²) in [6.07, 6.45) is 15.6. The third-order valence-electron chi connectivity index (χ3n) is 13.3. The van der Waals surface area contributed by atoms with E-state index in [-0.39, 0.29) is 5.89 Å². The highest BCUT2D eigenvalue weighted by atomic mass is 14.3. The Bertz CT molecular complexity index is 1970. The highest BCUT2D eigenvalue weighted by Gasteiger charge is 2.21. The van der Waals surface area contributed by atoms with E-state index in [0.29, 0.717) is 43.3 Å². The molecule has 84 heavy (non-hydrogen) atoms. The molecule has 0 nitrogen and oxygen atoms in total.